The number of carbonyl (C=O) groups excluding carboxylic acids is 1. The van der Waals surface area contributed by atoms with E-state index in [-0.39, 0.29) is 15.5 Å². The summed E-state index contributed by atoms with van der Waals surface area (Å²) in [5.41, 5.74) is 2.57. The van der Waals surface area contributed by atoms with Crippen molar-refractivity contribution < 1.29 is 21.6 Å². The molecule has 5 rings (SSSR count). The topological polar surface area (TPSA) is 88.6 Å². The van der Waals surface area contributed by atoms with Gasteiger partial charge in [0.15, 0.2) is 9.84 Å². The first-order valence-corrected chi connectivity index (χ1v) is 17.9. The molecule has 6 nitrogen and oxygen atoms in total. The highest BCUT2D eigenvalue weighted by Crippen LogP contribution is 2.54. The number of fused-ring (bicyclic) bond motifs is 1. The number of aryl methyl sites for hydroxylation is 3. The molecule has 0 radical (unpaired) electrons. The van der Waals surface area contributed by atoms with E-state index < -0.39 is 36.9 Å². The summed E-state index contributed by atoms with van der Waals surface area (Å²) >= 11 is 8.60. The number of amides is 1. The van der Waals surface area contributed by atoms with Gasteiger partial charge in [-0.15, -0.1) is 0 Å². The van der Waals surface area contributed by atoms with Crippen LogP contribution in [0.5, 0.6) is 0 Å². The molecule has 1 heterocycles. The predicted molar refractivity (Wildman–Crippen MR) is 181 cm³/mol. The van der Waals surface area contributed by atoms with E-state index in [1.54, 1.807) is 30.3 Å². The molecule has 1 amide bonds. The normalized spacial score (nSPS) is 18.4. The lowest BCUT2D eigenvalue weighted by atomic mass is 9.75. The maximum absolute atomic E-state index is 14.8. The first-order chi connectivity index (χ1) is 20.1. The zero-order valence-electron chi connectivity index (χ0n) is 23.9. The number of carbonyl (C=O) groups is 1. The van der Waals surface area contributed by atoms with Gasteiger partial charge in [-0.2, -0.15) is 0 Å². The number of nitrogens with zero attached hydrogens (tertiary/aromatic N) is 1. The lowest BCUT2D eigenvalue weighted by Gasteiger charge is -2.42. The van der Waals surface area contributed by atoms with Crippen molar-refractivity contribution in [2.24, 2.45) is 5.41 Å². The summed E-state index contributed by atoms with van der Waals surface area (Å²) < 4.78 is 57.7. The van der Waals surface area contributed by atoms with Gasteiger partial charge < -0.3 is 0 Å². The second-order valence-corrected chi connectivity index (χ2v) is 16.3. The van der Waals surface area contributed by atoms with Crippen molar-refractivity contribution in [1.82, 2.24) is 0 Å². The lowest BCUT2D eigenvalue weighted by molar-refractivity contribution is -0.122. The standard InChI is InChI=1S/C33H29ClINO5S2/c1-21-5-11-24(12-6-21)31(35)30-28-19-25(34)13-18-29(28)36(43(40,41)27-16-9-23(3)10-17-27)32(37)33(30,4)20-42(38,39)26-14-7-22(2)8-15-26/h5-19H,20H2,1-4H3/b31-30-. The van der Waals surface area contributed by atoms with Gasteiger partial charge in [-0.05, 0) is 104 Å². The minimum absolute atomic E-state index is 0.0432. The van der Waals surface area contributed by atoms with Crippen molar-refractivity contribution in [2.75, 3.05) is 10.1 Å². The van der Waals surface area contributed by atoms with Crippen LogP contribution in [0.3, 0.4) is 0 Å². The number of hydrogen-bond donors (Lipinski definition) is 0. The predicted octanol–water partition coefficient (Wildman–Crippen LogP) is 7.78. The molecule has 0 aromatic heterocycles. The van der Waals surface area contributed by atoms with Gasteiger partial charge in [0.25, 0.3) is 15.9 Å². The van der Waals surface area contributed by atoms with Crippen LogP contribution in [-0.4, -0.2) is 28.5 Å². The van der Waals surface area contributed by atoms with E-state index >= 15 is 0 Å². The van der Waals surface area contributed by atoms with Gasteiger partial charge in [-0.1, -0.05) is 76.8 Å². The first kappa shape index (κ1) is 31.4. The molecule has 4 aromatic carbocycles. The van der Waals surface area contributed by atoms with E-state index in [4.69, 9.17) is 11.6 Å². The largest absolute Gasteiger partial charge is 0.272 e. The van der Waals surface area contributed by atoms with E-state index in [0.717, 1.165) is 26.6 Å². The van der Waals surface area contributed by atoms with Crippen LogP contribution in [0, 0.1) is 26.2 Å². The Hall–Kier alpha value is -2.99. The Balaban J connectivity index is 1.83. The smallest absolute Gasteiger partial charge is 0.270 e. The average molecular weight is 746 g/mol. The van der Waals surface area contributed by atoms with Crippen LogP contribution in [-0.2, 0) is 24.7 Å². The average Bonchev–Trinajstić information content (AvgIpc) is 2.94. The van der Waals surface area contributed by atoms with Crippen LogP contribution in [0.15, 0.2) is 101 Å². The minimum atomic E-state index is -4.45. The monoisotopic (exact) mass is 745 g/mol. The highest BCUT2D eigenvalue weighted by atomic mass is 127. The van der Waals surface area contributed by atoms with Crippen molar-refractivity contribution in [3.8, 4) is 0 Å². The molecule has 43 heavy (non-hydrogen) atoms. The quantitative estimate of drug-likeness (QED) is 0.188. The Morgan fingerprint density at radius 1 is 0.767 bits per heavy atom. The minimum Gasteiger partial charge on any atom is -0.272 e. The molecule has 10 heteroatoms. The van der Waals surface area contributed by atoms with Gasteiger partial charge in [0.05, 0.1) is 26.6 Å². The third-order valence-electron chi connectivity index (χ3n) is 7.60. The second-order valence-electron chi connectivity index (χ2n) is 11.0. The highest BCUT2D eigenvalue weighted by molar-refractivity contribution is 14.1. The zero-order valence-corrected chi connectivity index (χ0v) is 28.5. The molecule has 222 valence electrons. The summed E-state index contributed by atoms with van der Waals surface area (Å²) in [5.74, 6) is -1.53. The summed E-state index contributed by atoms with van der Waals surface area (Å²) in [5, 5.41) is 0.315. The van der Waals surface area contributed by atoms with Crippen LogP contribution >= 0.6 is 34.2 Å². The number of sulfonamides is 1. The van der Waals surface area contributed by atoms with Gasteiger partial charge in [0.1, 0.15) is 0 Å². The molecule has 0 saturated carbocycles. The molecular formula is C33H29ClINO5S2. The Kier molecular flexibility index (Phi) is 8.41. The van der Waals surface area contributed by atoms with Crippen LogP contribution in [0.4, 0.5) is 5.69 Å². The van der Waals surface area contributed by atoms with Crippen molar-refractivity contribution in [3.63, 3.8) is 0 Å². The number of rotatable bonds is 6. The van der Waals surface area contributed by atoms with Crippen molar-refractivity contribution in [2.45, 2.75) is 37.5 Å². The Labute approximate surface area is 271 Å². The van der Waals surface area contributed by atoms with E-state index in [1.165, 1.54) is 43.3 Å². The fourth-order valence-corrected chi connectivity index (χ4v) is 9.92. The lowest BCUT2D eigenvalue weighted by Crippen LogP contribution is -2.52. The van der Waals surface area contributed by atoms with Crippen LogP contribution in [0.1, 0.15) is 34.7 Å². The molecule has 1 unspecified atom stereocenters. The fraction of sp³-hybridized carbons (Fsp3) is 0.182. The first-order valence-electron chi connectivity index (χ1n) is 13.4. The number of halogens is 2. The van der Waals surface area contributed by atoms with Gasteiger partial charge >= 0.3 is 0 Å². The van der Waals surface area contributed by atoms with E-state index in [2.05, 4.69) is 22.6 Å². The molecule has 1 aliphatic heterocycles. The molecule has 0 spiro atoms. The van der Waals surface area contributed by atoms with Crippen molar-refractivity contribution >= 4 is 74.8 Å². The van der Waals surface area contributed by atoms with E-state index in [9.17, 15) is 21.6 Å². The molecule has 0 aliphatic carbocycles. The molecule has 0 saturated heterocycles. The Morgan fingerprint density at radius 3 is 1.79 bits per heavy atom. The zero-order chi connectivity index (χ0) is 31.3. The van der Waals surface area contributed by atoms with E-state index in [1.807, 2.05) is 45.0 Å². The van der Waals surface area contributed by atoms with Gasteiger partial charge in [0, 0.05) is 14.2 Å². The van der Waals surface area contributed by atoms with Crippen molar-refractivity contribution in [3.05, 3.63) is 124 Å². The molecule has 4 aromatic rings. The molecular weight excluding hydrogens is 717 g/mol. The Bertz CT molecular complexity index is 1990. The summed E-state index contributed by atoms with van der Waals surface area (Å²) in [4.78, 5) is 14.7. The Morgan fingerprint density at radius 2 is 1.26 bits per heavy atom. The van der Waals surface area contributed by atoms with E-state index in [0.29, 0.717) is 19.7 Å². The second kappa shape index (κ2) is 11.5. The van der Waals surface area contributed by atoms with Gasteiger partial charge in [-0.3, -0.25) is 4.79 Å². The van der Waals surface area contributed by atoms with Gasteiger partial charge in [0.2, 0.25) is 0 Å². The van der Waals surface area contributed by atoms with Crippen LogP contribution in [0.25, 0.3) is 9.15 Å². The molecule has 0 bridgehead atoms. The summed E-state index contributed by atoms with van der Waals surface area (Å²) in [6.45, 7) is 7.14. The SMILES string of the molecule is Cc1ccc(/C(I)=C2\c3cc(Cl)ccc3N(S(=O)(=O)c3ccc(C)cc3)C(=O)C2(C)CS(=O)(=O)c2ccc(C)cc2)cc1. The third-order valence-corrected chi connectivity index (χ3v) is 12.7. The highest BCUT2D eigenvalue weighted by Gasteiger charge is 2.53. The summed E-state index contributed by atoms with van der Waals surface area (Å²) in [6.07, 6.45) is 0. The number of benzene rings is 4. The van der Waals surface area contributed by atoms with Crippen LogP contribution < -0.4 is 4.31 Å². The van der Waals surface area contributed by atoms with Crippen molar-refractivity contribution in [1.29, 1.82) is 0 Å². The third kappa shape index (κ3) is 5.80. The maximum Gasteiger partial charge on any atom is 0.270 e. The molecule has 0 fully saturated rings. The fourth-order valence-electron chi connectivity index (χ4n) is 5.23. The number of sulfone groups is 1. The molecule has 1 atom stereocenters. The summed E-state index contributed by atoms with van der Waals surface area (Å²) in [7, 11) is -8.54. The van der Waals surface area contributed by atoms with Crippen LogP contribution in [0.2, 0.25) is 5.02 Å². The molecule has 1 aliphatic rings. The maximum atomic E-state index is 14.8. The number of anilines is 1. The number of hydrogen-bond acceptors (Lipinski definition) is 5. The van der Waals surface area contributed by atoms with Gasteiger partial charge in [-0.25, -0.2) is 21.1 Å². The summed E-state index contributed by atoms with van der Waals surface area (Å²) in [6, 6.07) is 24.8. The molecule has 0 N–H and O–H groups in total.